The summed E-state index contributed by atoms with van der Waals surface area (Å²) in [6, 6.07) is 20.0. The SMILES string of the molecule is N#CC1=C(CN2C(=O)c3ccccc3C2=O)C=C(c2ccccc2)C(C#N)(C#N)C1N. The predicted octanol–water partition coefficient (Wildman–Crippen LogP) is 2.56. The number of amides is 2. The molecule has 0 aromatic heterocycles. The maximum Gasteiger partial charge on any atom is 0.261 e. The molecule has 4 rings (SSSR count). The van der Waals surface area contributed by atoms with E-state index in [4.69, 9.17) is 5.73 Å². The van der Waals surface area contributed by atoms with Crippen molar-refractivity contribution in [3.63, 3.8) is 0 Å². The first-order chi connectivity index (χ1) is 15.0. The van der Waals surface area contributed by atoms with E-state index >= 15 is 0 Å². The Bertz CT molecular complexity index is 1250. The van der Waals surface area contributed by atoms with Crippen LogP contribution in [0.4, 0.5) is 0 Å². The molecule has 2 aliphatic rings. The van der Waals surface area contributed by atoms with Crippen LogP contribution in [0.15, 0.2) is 71.8 Å². The molecule has 1 unspecified atom stereocenters. The first kappa shape index (κ1) is 19.8. The molecule has 7 heteroatoms. The summed E-state index contributed by atoms with van der Waals surface area (Å²) in [5.74, 6) is -0.933. The number of hydrogen-bond donors (Lipinski definition) is 1. The largest absolute Gasteiger partial charge is 0.321 e. The van der Waals surface area contributed by atoms with E-state index in [2.05, 4.69) is 0 Å². The maximum absolute atomic E-state index is 12.8. The van der Waals surface area contributed by atoms with Crippen LogP contribution in [0, 0.1) is 39.4 Å². The number of carbonyl (C=O) groups is 2. The highest BCUT2D eigenvalue weighted by Gasteiger charge is 2.48. The summed E-state index contributed by atoms with van der Waals surface area (Å²) in [5, 5.41) is 29.5. The van der Waals surface area contributed by atoms with Crippen molar-refractivity contribution in [1.29, 1.82) is 15.8 Å². The van der Waals surface area contributed by atoms with Crippen LogP contribution in [0.2, 0.25) is 0 Å². The third-order valence-corrected chi connectivity index (χ3v) is 5.63. The van der Waals surface area contributed by atoms with Gasteiger partial charge in [-0.15, -0.1) is 0 Å². The van der Waals surface area contributed by atoms with E-state index in [-0.39, 0.29) is 12.1 Å². The number of nitrogens with zero attached hydrogens (tertiary/aromatic N) is 4. The minimum absolute atomic E-state index is 0.000614. The zero-order chi connectivity index (χ0) is 22.2. The monoisotopic (exact) mass is 405 g/mol. The van der Waals surface area contributed by atoms with Gasteiger partial charge in [0.25, 0.3) is 11.8 Å². The molecule has 1 heterocycles. The second kappa shape index (κ2) is 7.39. The van der Waals surface area contributed by atoms with Crippen molar-refractivity contribution >= 4 is 17.4 Å². The Kier molecular flexibility index (Phi) is 4.72. The Labute approximate surface area is 178 Å². The molecule has 2 N–H and O–H groups in total. The molecule has 0 saturated heterocycles. The van der Waals surface area contributed by atoms with Crippen LogP contribution in [0.5, 0.6) is 0 Å². The Morgan fingerprint density at radius 1 is 0.903 bits per heavy atom. The van der Waals surface area contributed by atoms with Crippen molar-refractivity contribution < 1.29 is 9.59 Å². The number of fused-ring (bicyclic) bond motifs is 1. The average molecular weight is 405 g/mol. The summed E-state index contributed by atoms with van der Waals surface area (Å²) in [7, 11) is 0. The molecule has 1 aliphatic carbocycles. The molecular weight excluding hydrogens is 390 g/mol. The zero-order valence-electron chi connectivity index (χ0n) is 16.2. The van der Waals surface area contributed by atoms with Crippen molar-refractivity contribution in [3.05, 3.63) is 88.5 Å². The summed E-state index contributed by atoms with van der Waals surface area (Å²) in [6.07, 6.45) is 1.53. The lowest BCUT2D eigenvalue weighted by molar-refractivity contribution is 0.0668. The smallest absolute Gasteiger partial charge is 0.261 e. The summed E-state index contributed by atoms with van der Waals surface area (Å²) in [4.78, 5) is 26.6. The number of nitriles is 3. The number of rotatable bonds is 3. The summed E-state index contributed by atoms with van der Waals surface area (Å²) in [6.45, 7) is -0.188. The van der Waals surface area contributed by atoms with Crippen LogP contribution in [0.25, 0.3) is 5.57 Å². The van der Waals surface area contributed by atoms with Crippen LogP contribution >= 0.6 is 0 Å². The molecule has 0 saturated carbocycles. The lowest BCUT2D eigenvalue weighted by atomic mass is 9.67. The normalized spacial score (nSPS) is 19.2. The molecule has 148 valence electrons. The first-order valence-electron chi connectivity index (χ1n) is 9.42. The minimum Gasteiger partial charge on any atom is -0.321 e. The molecular formula is C24H15N5O2. The lowest BCUT2D eigenvalue weighted by Crippen LogP contribution is -2.45. The molecule has 0 bridgehead atoms. The van der Waals surface area contributed by atoms with Gasteiger partial charge >= 0.3 is 0 Å². The number of imide groups is 1. The summed E-state index contributed by atoms with van der Waals surface area (Å²) < 4.78 is 0. The average Bonchev–Trinajstić information content (AvgIpc) is 3.05. The fraction of sp³-hybridized carbons (Fsp3) is 0.125. The standard InChI is InChI=1S/C24H15N5O2/c25-11-19-16(12-29-22(30)17-8-4-5-9-18(17)23(29)31)10-20(15-6-2-1-3-7-15)24(13-26,14-27)21(19)28/h1-10,21H,12,28H2. The Balaban J connectivity index is 1.84. The van der Waals surface area contributed by atoms with Crippen LogP contribution in [0.3, 0.4) is 0 Å². The van der Waals surface area contributed by atoms with Crippen molar-refractivity contribution in [2.45, 2.75) is 6.04 Å². The van der Waals surface area contributed by atoms with E-state index < -0.39 is 23.3 Å². The molecule has 7 nitrogen and oxygen atoms in total. The van der Waals surface area contributed by atoms with E-state index in [0.717, 1.165) is 4.90 Å². The highest BCUT2D eigenvalue weighted by molar-refractivity contribution is 6.21. The van der Waals surface area contributed by atoms with Gasteiger partial charge in [-0.05, 0) is 34.9 Å². The van der Waals surface area contributed by atoms with Crippen molar-refractivity contribution in [3.8, 4) is 18.2 Å². The quantitative estimate of drug-likeness (QED) is 0.780. The second-order valence-corrected chi connectivity index (χ2v) is 7.23. The predicted molar refractivity (Wildman–Crippen MR) is 111 cm³/mol. The van der Waals surface area contributed by atoms with Crippen molar-refractivity contribution in [2.75, 3.05) is 6.54 Å². The van der Waals surface area contributed by atoms with Crippen molar-refractivity contribution in [1.82, 2.24) is 4.90 Å². The molecule has 1 atom stereocenters. The topological polar surface area (TPSA) is 135 Å². The van der Waals surface area contributed by atoms with Gasteiger partial charge in [0.15, 0.2) is 5.41 Å². The van der Waals surface area contributed by atoms with Gasteiger partial charge in [0.2, 0.25) is 0 Å². The number of nitrogens with two attached hydrogens (primary N) is 1. The number of benzene rings is 2. The van der Waals surface area contributed by atoms with Crippen LogP contribution in [0.1, 0.15) is 26.3 Å². The van der Waals surface area contributed by atoms with E-state index in [0.29, 0.717) is 27.8 Å². The molecule has 0 fully saturated rings. The van der Waals surface area contributed by atoms with Gasteiger partial charge in [0.05, 0.1) is 47.5 Å². The number of hydrogen-bond acceptors (Lipinski definition) is 6. The minimum atomic E-state index is -1.78. The molecule has 2 aromatic carbocycles. The van der Waals surface area contributed by atoms with Crippen molar-refractivity contribution in [2.24, 2.45) is 11.1 Å². The van der Waals surface area contributed by atoms with Crippen LogP contribution in [-0.2, 0) is 0 Å². The molecule has 31 heavy (non-hydrogen) atoms. The second-order valence-electron chi connectivity index (χ2n) is 7.23. The zero-order valence-corrected chi connectivity index (χ0v) is 16.2. The third kappa shape index (κ3) is 2.83. The fourth-order valence-electron chi connectivity index (χ4n) is 3.99. The van der Waals surface area contributed by atoms with Gasteiger partial charge in [-0.2, -0.15) is 15.8 Å². The highest BCUT2D eigenvalue weighted by atomic mass is 16.2. The van der Waals surface area contributed by atoms with Gasteiger partial charge in [0.1, 0.15) is 0 Å². The number of carbonyl (C=O) groups excluding carboxylic acids is 2. The van der Waals surface area contributed by atoms with Gasteiger partial charge in [0, 0.05) is 0 Å². The summed E-state index contributed by atoms with van der Waals surface area (Å²) in [5.41, 5.74) is 6.34. The van der Waals surface area contributed by atoms with Gasteiger partial charge < -0.3 is 5.73 Å². The molecule has 2 amide bonds. The van der Waals surface area contributed by atoms with E-state index in [1.54, 1.807) is 54.6 Å². The van der Waals surface area contributed by atoms with E-state index in [1.807, 2.05) is 18.2 Å². The van der Waals surface area contributed by atoms with Gasteiger partial charge in [-0.1, -0.05) is 42.5 Å². The molecule has 0 spiro atoms. The lowest BCUT2D eigenvalue weighted by Gasteiger charge is -2.34. The maximum atomic E-state index is 12.8. The van der Waals surface area contributed by atoms with Crippen LogP contribution < -0.4 is 5.73 Å². The molecule has 0 radical (unpaired) electrons. The van der Waals surface area contributed by atoms with Gasteiger partial charge in [-0.25, -0.2) is 0 Å². The summed E-state index contributed by atoms with van der Waals surface area (Å²) >= 11 is 0. The van der Waals surface area contributed by atoms with Gasteiger partial charge in [-0.3, -0.25) is 14.5 Å². The highest BCUT2D eigenvalue weighted by Crippen LogP contribution is 2.44. The van der Waals surface area contributed by atoms with E-state index in [9.17, 15) is 25.4 Å². The molecule has 1 aliphatic heterocycles. The Morgan fingerprint density at radius 2 is 1.45 bits per heavy atom. The van der Waals surface area contributed by atoms with E-state index in [1.165, 1.54) is 6.08 Å². The Hall–Kier alpha value is -4.51. The Morgan fingerprint density at radius 3 is 1.97 bits per heavy atom. The fourth-order valence-corrected chi connectivity index (χ4v) is 3.99. The van der Waals surface area contributed by atoms with Crippen LogP contribution in [-0.4, -0.2) is 29.3 Å². The first-order valence-corrected chi connectivity index (χ1v) is 9.42. The third-order valence-electron chi connectivity index (χ3n) is 5.63. The molecule has 2 aromatic rings.